The van der Waals surface area contributed by atoms with E-state index in [0.29, 0.717) is 0 Å². The Kier molecular flexibility index (Phi) is 4.22. The largest absolute Gasteiger partial charge is 0.362 e. The average Bonchev–Trinajstić information content (AvgIpc) is 2.85. The molecular formula is C13H22N2S2. The normalized spacial score (nSPS) is 36.8. The molecule has 2 heterocycles. The highest BCUT2D eigenvalue weighted by Crippen LogP contribution is 2.33. The molecule has 1 aliphatic carbocycles. The first-order valence-electron chi connectivity index (χ1n) is 6.93. The Morgan fingerprint density at radius 1 is 1.18 bits per heavy atom. The quantitative estimate of drug-likeness (QED) is 0.835. The lowest BCUT2D eigenvalue weighted by Crippen LogP contribution is -2.41. The Morgan fingerprint density at radius 2 is 2.06 bits per heavy atom. The fourth-order valence-corrected chi connectivity index (χ4v) is 5.42. The van der Waals surface area contributed by atoms with Crippen molar-refractivity contribution in [2.45, 2.75) is 38.1 Å². The number of fused-ring (bicyclic) bond motifs is 1. The van der Waals surface area contributed by atoms with E-state index in [0.717, 1.165) is 24.4 Å². The summed E-state index contributed by atoms with van der Waals surface area (Å²) in [6, 6.07) is 0.747. The maximum atomic E-state index is 4.83. The van der Waals surface area contributed by atoms with Crippen molar-refractivity contribution in [1.82, 2.24) is 5.32 Å². The van der Waals surface area contributed by atoms with Gasteiger partial charge in [-0.1, -0.05) is 18.2 Å². The Morgan fingerprint density at radius 3 is 2.94 bits per heavy atom. The van der Waals surface area contributed by atoms with Gasteiger partial charge in [0.1, 0.15) is 0 Å². The van der Waals surface area contributed by atoms with Crippen molar-refractivity contribution >= 4 is 28.7 Å². The first-order chi connectivity index (χ1) is 8.42. The summed E-state index contributed by atoms with van der Waals surface area (Å²) in [6.45, 7) is 1.06. The molecule has 0 radical (unpaired) electrons. The van der Waals surface area contributed by atoms with Crippen LogP contribution in [0.2, 0.25) is 0 Å². The molecule has 3 aliphatic rings. The van der Waals surface area contributed by atoms with E-state index in [1.807, 2.05) is 11.8 Å². The van der Waals surface area contributed by atoms with Crippen LogP contribution in [0, 0.1) is 11.8 Å². The van der Waals surface area contributed by atoms with Crippen LogP contribution in [0.5, 0.6) is 0 Å². The van der Waals surface area contributed by atoms with Crippen molar-refractivity contribution in [1.29, 1.82) is 0 Å². The number of hydrogen-bond donors (Lipinski definition) is 1. The maximum Gasteiger partial charge on any atom is 0.156 e. The number of hydrogen-bond acceptors (Lipinski definition) is 3. The molecule has 3 rings (SSSR count). The minimum atomic E-state index is 0.747. The first-order valence-corrected chi connectivity index (χ1v) is 9.07. The topological polar surface area (TPSA) is 24.4 Å². The Balaban J connectivity index is 1.50. The van der Waals surface area contributed by atoms with Crippen LogP contribution in [0.25, 0.3) is 0 Å². The fraction of sp³-hybridized carbons (Fsp3) is 0.923. The number of nitrogens with zero attached hydrogens (tertiary/aromatic N) is 1. The fourth-order valence-electron chi connectivity index (χ4n) is 3.04. The van der Waals surface area contributed by atoms with Crippen molar-refractivity contribution in [2.75, 3.05) is 23.8 Å². The number of amidine groups is 1. The van der Waals surface area contributed by atoms with Crippen molar-refractivity contribution < 1.29 is 0 Å². The van der Waals surface area contributed by atoms with Crippen LogP contribution in [-0.4, -0.2) is 35.0 Å². The second-order valence-corrected chi connectivity index (χ2v) is 7.69. The molecule has 0 amide bonds. The van der Waals surface area contributed by atoms with Crippen LogP contribution in [-0.2, 0) is 0 Å². The molecule has 0 aromatic rings. The van der Waals surface area contributed by atoms with E-state index in [-0.39, 0.29) is 0 Å². The predicted octanol–water partition coefficient (Wildman–Crippen LogP) is 2.99. The Bertz CT molecular complexity index is 287. The van der Waals surface area contributed by atoms with E-state index in [2.05, 4.69) is 17.1 Å². The van der Waals surface area contributed by atoms with Crippen LogP contribution >= 0.6 is 23.5 Å². The van der Waals surface area contributed by atoms with Gasteiger partial charge in [-0.05, 0) is 49.0 Å². The van der Waals surface area contributed by atoms with Crippen LogP contribution in [0.15, 0.2) is 4.99 Å². The van der Waals surface area contributed by atoms with Gasteiger partial charge in [-0.25, -0.2) is 0 Å². The molecular weight excluding hydrogens is 248 g/mol. The van der Waals surface area contributed by atoms with Crippen LogP contribution < -0.4 is 5.32 Å². The number of thioether (sulfide) groups is 2. The zero-order valence-corrected chi connectivity index (χ0v) is 12.0. The highest BCUT2D eigenvalue weighted by molar-refractivity contribution is 8.13. The molecule has 2 atom stereocenters. The summed E-state index contributed by atoms with van der Waals surface area (Å²) in [4.78, 5) is 4.83. The van der Waals surface area contributed by atoms with E-state index in [4.69, 9.17) is 4.99 Å². The molecule has 1 N–H and O–H groups in total. The summed E-state index contributed by atoms with van der Waals surface area (Å²) in [5.41, 5.74) is 0. The third-order valence-corrected chi connectivity index (χ3v) is 6.40. The molecule has 2 saturated heterocycles. The average molecular weight is 270 g/mol. The summed E-state index contributed by atoms with van der Waals surface area (Å²) in [5.74, 6) is 5.77. The van der Waals surface area contributed by atoms with Gasteiger partial charge in [0, 0.05) is 18.3 Å². The molecule has 1 saturated carbocycles. The molecule has 0 spiro atoms. The second kappa shape index (κ2) is 5.87. The van der Waals surface area contributed by atoms with Crippen molar-refractivity contribution in [3.8, 4) is 0 Å². The molecule has 17 heavy (non-hydrogen) atoms. The minimum Gasteiger partial charge on any atom is -0.362 e. The highest BCUT2D eigenvalue weighted by atomic mass is 32.2. The van der Waals surface area contributed by atoms with Crippen LogP contribution in [0.4, 0.5) is 0 Å². The van der Waals surface area contributed by atoms with Gasteiger partial charge in [0.2, 0.25) is 0 Å². The van der Waals surface area contributed by atoms with Crippen LogP contribution in [0.1, 0.15) is 32.1 Å². The van der Waals surface area contributed by atoms with Gasteiger partial charge in [-0.2, -0.15) is 11.8 Å². The zero-order chi connectivity index (χ0) is 11.5. The predicted molar refractivity (Wildman–Crippen MR) is 79.1 cm³/mol. The van der Waals surface area contributed by atoms with Crippen LogP contribution in [0.3, 0.4) is 0 Å². The standard InChI is InChI=1S/C13H22N2S2/c1-2-11-9-17-13(15-12(11)3-1)14-8-10-4-6-16-7-5-10/h10-12H,1-9H2,(H,14,15). The van der Waals surface area contributed by atoms with Gasteiger partial charge in [0.05, 0.1) is 0 Å². The molecule has 0 aromatic heterocycles. The Labute approximate surface area is 113 Å². The van der Waals surface area contributed by atoms with E-state index >= 15 is 0 Å². The van der Waals surface area contributed by atoms with Gasteiger partial charge < -0.3 is 5.32 Å². The van der Waals surface area contributed by atoms with E-state index in [9.17, 15) is 0 Å². The number of nitrogens with one attached hydrogen (secondary N) is 1. The first kappa shape index (κ1) is 12.2. The third-order valence-electron chi connectivity index (χ3n) is 4.24. The summed E-state index contributed by atoms with van der Waals surface area (Å²) in [7, 11) is 0. The molecule has 3 fully saturated rings. The smallest absolute Gasteiger partial charge is 0.156 e. The second-order valence-electron chi connectivity index (χ2n) is 5.45. The lowest BCUT2D eigenvalue weighted by atomic mass is 10.0. The molecule has 2 aliphatic heterocycles. The summed E-state index contributed by atoms with van der Waals surface area (Å²) in [5, 5.41) is 4.90. The lowest BCUT2D eigenvalue weighted by Gasteiger charge is -2.28. The maximum absolute atomic E-state index is 4.83. The summed E-state index contributed by atoms with van der Waals surface area (Å²) >= 11 is 4.07. The van der Waals surface area contributed by atoms with E-state index < -0.39 is 0 Å². The molecule has 2 unspecified atom stereocenters. The van der Waals surface area contributed by atoms with Crippen molar-refractivity contribution in [3.05, 3.63) is 0 Å². The SMILES string of the molecule is C1CC2CSC(=NCC3CCSCC3)NC2C1. The molecule has 96 valence electrons. The van der Waals surface area contributed by atoms with E-state index in [1.54, 1.807) is 0 Å². The number of rotatable bonds is 2. The van der Waals surface area contributed by atoms with Gasteiger partial charge in [-0.3, -0.25) is 4.99 Å². The van der Waals surface area contributed by atoms with Gasteiger partial charge >= 0.3 is 0 Å². The highest BCUT2D eigenvalue weighted by Gasteiger charge is 2.32. The van der Waals surface area contributed by atoms with Crippen molar-refractivity contribution in [3.63, 3.8) is 0 Å². The third kappa shape index (κ3) is 3.14. The monoisotopic (exact) mass is 270 g/mol. The van der Waals surface area contributed by atoms with Gasteiger partial charge in [0.15, 0.2) is 5.17 Å². The summed E-state index contributed by atoms with van der Waals surface area (Å²) in [6.07, 6.45) is 6.95. The molecule has 0 bridgehead atoms. The van der Waals surface area contributed by atoms with Gasteiger partial charge in [0.25, 0.3) is 0 Å². The summed E-state index contributed by atoms with van der Waals surface area (Å²) < 4.78 is 0. The Hall–Kier alpha value is 0.170. The van der Waals surface area contributed by atoms with Crippen molar-refractivity contribution in [2.24, 2.45) is 16.8 Å². The zero-order valence-electron chi connectivity index (χ0n) is 10.4. The molecule has 0 aromatic carbocycles. The van der Waals surface area contributed by atoms with Gasteiger partial charge in [-0.15, -0.1) is 0 Å². The molecule has 4 heteroatoms. The molecule has 2 nitrogen and oxygen atoms in total. The number of aliphatic imine (C=N–C) groups is 1. The lowest BCUT2D eigenvalue weighted by molar-refractivity contribution is 0.482. The minimum absolute atomic E-state index is 0.747. The van der Waals surface area contributed by atoms with E-state index in [1.165, 1.54) is 54.5 Å².